The van der Waals surface area contributed by atoms with Crippen molar-refractivity contribution in [3.8, 4) is 5.75 Å². The number of ether oxygens (including phenoxy) is 1. The van der Waals surface area contributed by atoms with Crippen LogP contribution in [0, 0.1) is 11.6 Å². The zero-order valence-electron chi connectivity index (χ0n) is 14.1. The standard InChI is InChI=1S/C18H15F2N3O3S/c1-26-14-4-6-15(7-5-14)27(24,25)23-13-3-9-18(21-11-13)22-12-2-8-16(19)17(20)10-12/h2-11,23H,1H3,(H,21,22). The Kier molecular flexibility index (Phi) is 5.22. The van der Waals surface area contributed by atoms with Gasteiger partial charge in [0.2, 0.25) is 0 Å². The van der Waals surface area contributed by atoms with Crippen LogP contribution in [0.15, 0.2) is 65.7 Å². The molecule has 0 saturated carbocycles. The summed E-state index contributed by atoms with van der Waals surface area (Å²) in [6.07, 6.45) is 1.31. The first-order valence-corrected chi connectivity index (χ1v) is 9.21. The Morgan fingerprint density at radius 1 is 0.926 bits per heavy atom. The highest BCUT2D eigenvalue weighted by Gasteiger charge is 2.14. The van der Waals surface area contributed by atoms with Crippen LogP contribution in [0.5, 0.6) is 5.75 Å². The van der Waals surface area contributed by atoms with Gasteiger partial charge < -0.3 is 10.1 Å². The van der Waals surface area contributed by atoms with E-state index in [0.717, 1.165) is 12.1 Å². The minimum Gasteiger partial charge on any atom is -0.497 e. The third-order valence-corrected chi connectivity index (χ3v) is 4.97. The SMILES string of the molecule is COc1ccc(S(=O)(=O)Nc2ccc(Nc3ccc(F)c(F)c3)nc2)cc1. The van der Waals surface area contributed by atoms with Gasteiger partial charge in [-0.1, -0.05) is 0 Å². The highest BCUT2D eigenvalue weighted by Crippen LogP contribution is 2.21. The number of nitrogens with one attached hydrogen (secondary N) is 2. The van der Waals surface area contributed by atoms with Crippen LogP contribution >= 0.6 is 0 Å². The van der Waals surface area contributed by atoms with Gasteiger partial charge in [0.1, 0.15) is 11.6 Å². The monoisotopic (exact) mass is 391 g/mol. The summed E-state index contributed by atoms with van der Waals surface area (Å²) in [6, 6.07) is 12.3. The molecule has 1 heterocycles. The molecule has 0 aliphatic heterocycles. The molecule has 3 aromatic rings. The van der Waals surface area contributed by atoms with E-state index in [2.05, 4.69) is 15.0 Å². The lowest BCUT2D eigenvalue weighted by Crippen LogP contribution is -2.13. The van der Waals surface area contributed by atoms with Crippen molar-refractivity contribution in [2.45, 2.75) is 4.90 Å². The minimum absolute atomic E-state index is 0.0762. The Labute approximate surface area is 154 Å². The minimum atomic E-state index is -3.78. The number of pyridine rings is 1. The van der Waals surface area contributed by atoms with E-state index in [4.69, 9.17) is 4.74 Å². The molecule has 1 aromatic heterocycles. The molecule has 0 saturated heterocycles. The number of nitrogens with zero attached hydrogens (tertiary/aromatic N) is 1. The molecule has 6 nitrogen and oxygen atoms in total. The molecule has 0 radical (unpaired) electrons. The summed E-state index contributed by atoms with van der Waals surface area (Å²) in [5.41, 5.74) is 0.564. The smallest absolute Gasteiger partial charge is 0.261 e. The first kappa shape index (κ1) is 18.6. The number of hydrogen-bond acceptors (Lipinski definition) is 5. The molecule has 0 fully saturated rings. The largest absolute Gasteiger partial charge is 0.497 e. The zero-order chi connectivity index (χ0) is 19.4. The number of aromatic nitrogens is 1. The molecule has 27 heavy (non-hydrogen) atoms. The molecule has 0 atom stereocenters. The van der Waals surface area contributed by atoms with Gasteiger partial charge in [0.25, 0.3) is 10.0 Å². The number of anilines is 3. The van der Waals surface area contributed by atoms with Crippen molar-refractivity contribution < 1.29 is 21.9 Å². The third-order valence-electron chi connectivity index (χ3n) is 3.58. The second-order valence-corrected chi connectivity index (χ2v) is 7.15. The van der Waals surface area contributed by atoms with Crippen molar-refractivity contribution in [1.29, 1.82) is 0 Å². The van der Waals surface area contributed by atoms with E-state index in [0.29, 0.717) is 17.3 Å². The first-order valence-electron chi connectivity index (χ1n) is 7.72. The molecule has 0 spiro atoms. The van der Waals surface area contributed by atoms with Gasteiger partial charge in [-0.25, -0.2) is 22.2 Å². The van der Waals surface area contributed by atoms with E-state index in [1.165, 1.54) is 43.6 Å². The number of rotatable bonds is 6. The van der Waals surface area contributed by atoms with Crippen LogP contribution in [0.1, 0.15) is 0 Å². The van der Waals surface area contributed by atoms with Gasteiger partial charge in [-0.05, 0) is 48.5 Å². The summed E-state index contributed by atoms with van der Waals surface area (Å²) in [6.45, 7) is 0. The first-order chi connectivity index (χ1) is 12.9. The molecule has 0 amide bonds. The van der Waals surface area contributed by atoms with E-state index in [-0.39, 0.29) is 10.6 Å². The molecule has 0 unspecified atom stereocenters. The fourth-order valence-electron chi connectivity index (χ4n) is 2.22. The Bertz CT molecular complexity index is 1040. The number of hydrogen-bond donors (Lipinski definition) is 2. The van der Waals surface area contributed by atoms with Gasteiger partial charge >= 0.3 is 0 Å². The van der Waals surface area contributed by atoms with Crippen LogP contribution < -0.4 is 14.8 Å². The zero-order valence-corrected chi connectivity index (χ0v) is 14.9. The highest BCUT2D eigenvalue weighted by atomic mass is 32.2. The van der Waals surface area contributed by atoms with Crippen molar-refractivity contribution in [2.24, 2.45) is 0 Å². The number of halogens is 2. The molecule has 3 rings (SSSR count). The summed E-state index contributed by atoms with van der Waals surface area (Å²) in [7, 11) is -2.29. The van der Waals surface area contributed by atoms with Crippen molar-refractivity contribution in [2.75, 3.05) is 17.1 Å². The molecule has 0 aliphatic rings. The summed E-state index contributed by atoms with van der Waals surface area (Å²) in [4.78, 5) is 4.13. The van der Waals surface area contributed by atoms with Crippen LogP contribution in [0.3, 0.4) is 0 Å². The van der Waals surface area contributed by atoms with Gasteiger partial charge in [0.15, 0.2) is 11.6 Å². The molecule has 140 valence electrons. The van der Waals surface area contributed by atoms with Gasteiger partial charge in [-0.2, -0.15) is 0 Å². The predicted molar refractivity (Wildman–Crippen MR) is 97.7 cm³/mol. The number of benzene rings is 2. The maximum absolute atomic E-state index is 13.2. The quantitative estimate of drug-likeness (QED) is 0.666. The molecule has 2 aromatic carbocycles. The van der Waals surface area contributed by atoms with Crippen molar-refractivity contribution >= 4 is 27.2 Å². The van der Waals surface area contributed by atoms with Gasteiger partial charge in [0.05, 0.1) is 23.9 Å². The fourth-order valence-corrected chi connectivity index (χ4v) is 3.26. The van der Waals surface area contributed by atoms with Gasteiger partial charge in [-0.15, -0.1) is 0 Å². The fraction of sp³-hybridized carbons (Fsp3) is 0.0556. The van der Waals surface area contributed by atoms with Crippen LogP contribution in [-0.2, 0) is 10.0 Å². The molecule has 0 bridgehead atoms. The third kappa shape index (κ3) is 4.50. The van der Waals surface area contributed by atoms with E-state index >= 15 is 0 Å². The molecular formula is C18H15F2N3O3S. The average molecular weight is 391 g/mol. The van der Waals surface area contributed by atoms with Gasteiger partial charge in [-0.3, -0.25) is 4.72 Å². The van der Waals surface area contributed by atoms with Crippen molar-refractivity contribution in [3.63, 3.8) is 0 Å². The van der Waals surface area contributed by atoms with E-state index in [1.54, 1.807) is 12.1 Å². The van der Waals surface area contributed by atoms with E-state index in [1.807, 2.05) is 0 Å². The Balaban J connectivity index is 1.71. The average Bonchev–Trinajstić information content (AvgIpc) is 2.66. The van der Waals surface area contributed by atoms with Gasteiger partial charge in [0, 0.05) is 11.8 Å². The normalized spacial score (nSPS) is 11.1. The molecule has 9 heteroatoms. The van der Waals surface area contributed by atoms with Crippen LogP contribution in [0.25, 0.3) is 0 Å². The van der Waals surface area contributed by atoms with Crippen molar-refractivity contribution in [3.05, 3.63) is 72.4 Å². The summed E-state index contributed by atoms with van der Waals surface area (Å²) in [5.74, 6) is -1.04. The van der Waals surface area contributed by atoms with Crippen LogP contribution in [-0.4, -0.2) is 20.5 Å². The lowest BCUT2D eigenvalue weighted by molar-refractivity contribution is 0.414. The lowest BCUT2D eigenvalue weighted by Gasteiger charge is -2.10. The number of sulfonamides is 1. The van der Waals surface area contributed by atoms with Crippen LogP contribution in [0.4, 0.5) is 26.0 Å². The predicted octanol–water partition coefficient (Wildman–Crippen LogP) is 3.91. The topological polar surface area (TPSA) is 80.3 Å². The molecule has 2 N–H and O–H groups in total. The lowest BCUT2D eigenvalue weighted by atomic mass is 10.3. The van der Waals surface area contributed by atoms with Crippen LogP contribution in [0.2, 0.25) is 0 Å². The highest BCUT2D eigenvalue weighted by molar-refractivity contribution is 7.92. The van der Waals surface area contributed by atoms with E-state index in [9.17, 15) is 17.2 Å². The second-order valence-electron chi connectivity index (χ2n) is 5.47. The number of methoxy groups -OCH3 is 1. The molecular weight excluding hydrogens is 376 g/mol. The Hall–Kier alpha value is -3.20. The molecule has 0 aliphatic carbocycles. The summed E-state index contributed by atoms with van der Waals surface area (Å²) in [5, 5.41) is 2.80. The Morgan fingerprint density at radius 2 is 1.63 bits per heavy atom. The maximum atomic E-state index is 13.2. The van der Waals surface area contributed by atoms with E-state index < -0.39 is 21.7 Å². The summed E-state index contributed by atoms with van der Waals surface area (Å²) < 4.78 is 58.3. The maximum Gasteiger partial charge on any atom is 0.261 e. The Morgan fingerprint density at radius 3 is 2.22 bits per heavy atom. The van der Waals surface area contributed by atoms with Crippen molar-refractivity contribution in [1.82, 2.24) is 4.98 Å². The summed E-state index contributed by atoms with van der Waals surface area (Å²) >= 11 is 0. The second kappa shape index (κ2) is 7.58.